The van der Waals surface area contributed by atoms with E-state index in [1.807, 2.05) is 27.7 Å². The second-order valence-corrected chi connectivity index (χ2v) is 7.41. The Hall–Kier alpha value is -2.55. The quantitative estimate of drug-likeness (QED) is 0.767. The molecule has 9 heteroatoms. The van der Waals surface area contributed by atoms with Gasteiger partial charge in [0.05, 0.1) is 18.2 Å². The van der Waals surface area contributed by atoms with Crippen LogP contribution in [0, 0.1) is 5.92 Å². The summed E-state index contributed by atoms with van der Waals surface area (Å²) in [6.45, 7) is 10.5. The van der Waals surface area contributed by atoms with E-state index in [-0.39, 0.29) is 23.2 Å². The molecule has 1 unspecified atom stereocenters. The van der Waals surface area contributed by atoms with Crippen LogP contribution in [0.25, 0.3) is 0 Å². The lowest BCUT2D eigenvalue weighted by Crippen LogP contribution is -2.34. The minimum Gasteiger partial charge on any atom is -0.383 e. The molecule has 0 radical (unpaired) electrons. The number of rotatable bonds is 5. The fraction of sp³-hybridized carbons (Fsp3) is 0.611. The minimum atomic E-state index is -0.400. The van der Waals surface area contributed by atoms with Crippen molar-refractivity contribution in [2.45, 2.75) is 46.5 Å². The van der Waals surface area contributed by atoms with Crippen LogP contribution in [0.4, 0.5) is 10.6 Å². The number of nitrogens with zero attached hydrogens (tertiary/aromatic N) is 4. The van der Waals surface area contributed by atoms with Gasteiger partial charge in [0.2, 0.25) is 0 Å². The van der Waals surface area contributed by atoms with Gasteiger partial charge in [-0.25, -0.2) is 9.79 Å². The maximum absolute atomic E-state index is 12.3. The van der Waals surface area contributed by atoms with E-state index in [4.69, 9.17) is 4.74 Å². The van der Waals surface area contributed by atoms with E-state index in [1.165, 1.54) is 4.68 Å². The Labute approximate surface area is 159 Å². The van der Waals surface area contributed by atoms with Crippen molar-refractivity contribution in [2.24, 2.45) is 15.9 Å². The van der Waals surface area contributed by atoms with Gasteiger partial charge < -0.3 is 10.1 Å². The minimum absolute atomic E-state index is 0.157. The highest BCUT2D eigenvalue weighted by atomic mass is 16.5. The molecule has 0 saturated heterocycles. The largest absolute Gasteiger partial charge is 0.383 e. The van der Waals surface area contributed by atoms with Crippen molar-refractivity contribution in [1.29, 1.82) is 0 Å². The molecule has 0 saturated carbocycles. The van der Waals surface area contributed by atoms with Crippen molar-refractivity contribution in [3.8, 4) is 0 Å². The first-order chi connectivity index (χ1) is 12.7. The maximum Gasteiger partial charge on any atom is 0.320 e. The van der Waals surface area contributed by atoms with E-state index in [9.17, 15) is 9.59 Å². The second-order valence-electron chi connectivity index (χ2n) is 7.41. The molecule has 1 aliphatic heterocycles. The lowest BCUT2D eigenvalue weighted by molar-refractivity contribution is -0.119. The topological polar surface area (TPSA) is 110 Å². The van der Waals surface area contributed by atoms with Gasteiger partial charge in [-0.15, -0.1) is 0 Å². The second kappa shape index (κ2) is 8.43. The molecule has 3 amide bonds. The number of hydrogen-bond donors (Lipinski definition) is 2. The van der Waals surface area contributed by atoms with Gasteiger partial charge in [0.25, 0.3) is 11.9 Å². The number of carbonyl (C=O) groups is 2. The van der Waals surface area contributed by atoms with Crippen LogP contribution in [0.15, 0.2) is 16.1 Å². The normalized spacial score (nSPS) is 17.4. The molecule has 2 heterocycles. The Morgan fingerprint density at radius 3 is 2.59 bits per heavy atom. The number of amides is 3. The van der Waals surface area contributed by atoms with Crippen LogP contribution in [-0.4, -0.2) is 53.7 Å². The molecule has 1 atom stereocenters. The summed E-state index contributed by atoms with van der Waals surface area (Å²) in [5.74, 6) is 0.00115. The standard InChI is InChI=1S/C18H28N6O3/c1-7-12-11(2)20-16(22-15(12)25)24-14(10-13(23-24)18(3,4)5)21-17(26)19-8-9-27-6/h10,12H,7-9H2,1-6H3,(H2,19,21,26). The molecule has 0 spiro atoms. The highest BCUT2D eigenvalue weighted by Gasteiger charge is 2.28. The molecule has 0 aliphatic carbocycles. The molecule has 1 aromatic rings. The molecule has 0 fully saturated rings. The van der Waals surface area contributed by atoms with Gasteiger partial charge in [-0.2, -0.15) is 14.8 Å². The molecule has 1 aromatic heterocycles. The van der Waals surface area contributed by atoms with Crippen LogP contribution in [0.1, 0.15) is 46.7 Å². The average Bonchev–Trinajstić information content (AvgIpc) is 2.99. The first-order valence-corrected chi connectivity index (χ1v) is 8.99. The van der Waals surface area contributed by atoms with Gasteiger partial charge in [-0.05, 0) is 13.3 Å². The highest BCUT2D eigenvalue weighted by molar-refractivity contribution is 6.15. The summed E-state index contributed by atoms with van der Waals surface area (Å²) >= 11 is 0. The molecule has 27 heavy (non-hydrogen) atoms. The Morgan fingerprint density at radius 2 is 2.04 bits per heavy atom. The van der Waals surface area contributed by atoms with Crippen molar-refractivity contribution in [3.05, 3.63) is 11.8 Å². The zero-order valence-corrected chi connectivity index (χ0v) is 16.8. The van der Waals surface area contributed by atoms with Crippen molar-refractivity contribution in [2.75, 3.05) is 25.6 Å². The number of carbonyl (C=O) groups excluding carboxylic acids is 2. The molecule has 0 bridgehead atoms. The van der Waals surface area contributed by atoms with E-state index in [1.54, 1.807) is 20.1 Å². The lowest BCUT2D eigenvalue weighted by atomic mass is 9.92. The molecule has 2 N–H and O–H groups in total. The van der Waals surface area contributed by atoms with E-state index in [0.717, 1.165) is 5.69 Å². The van der Waals surface area contributed by atoms with Crippen molar-refractivity contribution < 1.29 is 14.3 Å². The number of methoxy groups -OCH3 is 1. The van der Waals surface area contributed by atoms with E-state index < -0.39 is 6.03 Å². The Bertz CT molecular complexity index is 773. The van der Waals surface area contributed by atoms with Crippen LogP contribution >= 0.6 is 0 Å². The molecule has 1 aliphatic rings. The van der Waals surface area contributed by atoms with Gasteiger partial charge in [0.1, 0.15) is 5.82 Å². The Balaban J connectivity index is 2.36. The van der Waals surface area contributed by atoms with Crippen molar-refractivity contribution in [1.82, 2.24) is 15.1 Å². The first kappa shape index (κ1) is 20.8. The molecule has 148 valence electrons. The van der Waals surface area contributed by atoms with Crippen LogP contribution in [0.3, 0.4) is 0 Å². The van der Waals surface area contributed by atoms with Gasteiger partial charge >= 0.3 is 6.03 Å². The number of aromatic nitrogens is 2. The Kier molecular flexibility index (Phi) is 6.48. The number of aliphatic imine (C=N–C) groups is 2. The highest BCUT2D eigenvalue weighted by Crippen LogP contribution is 2.25. The average molecular weight is 376 g/mol. The summed E-state index contributed by atoms with van der Waals surface area (Å²) in [6, 6.07) is 1.36. The third-order valence-corrected chi connectivity index (χ3v) is 4.20. The number of anilines is 1. The zero-order chi connectivity index (χ0) is 20.2. The predicted octanol–water partition coefficient (Wildman–Crippen LogP) is 2.18. The van der Waals surface area contributed by atoms with Crippen molar-refractivity contribution in [3.63, 3.8) is 0 Å². The van der Waals surface area contributed by atoms with Crippen LogP contribution in [-0.2, 0) is 14.9 Å². The van der Waals surface area contributed by atoms with Gasteiger partial charge in [0.15, 0.2) is 0 Å². The van der Waals surface area contributed by atoms with E-state index in [0.29, 0.717) is 31.1 Å². The molecule has 9 nitrogen and oxygen atoms in total. The monoisotopic (exact) mass is 376 g/mol. The third kappa shape index (κ3) is 5.00. The fourth-order valence-electron chi connectivity index (χ4n) is 2.60. The first-order valence-electron chi connectivity index (χ1n) is 8.99. The summed E-state index contributed by atoms with van der Waals surface area (Å²) in [5, 5.41) is 9.97. The molecule has 2 rings (SSSR count). The summed E-state index contributed by atoms with van der Waals surface area (Å²) in [6.07, 6.45) is 0.643. The molecule has 0 aromatic carbocycles. The van der Waals surface area contributed by atoms with Crippen LogP contribution in [0.2, 0.25) is 0 Å². The van der Waals surface area contributed by atoms with Gasteiger partial charge in [-0.3, -0.25) is 10.1 Å². The number of urea groups is 1. The van der Waals surface area contributed by atoms with Crippen molar-refractivity contribution >= 4 is 29.4 Å². The SMILES string of the molecule is CCC1C(=O)N=C(n2nc(C(C)(C)C)cc2NC(=O)NCCOC)N=C1C. The third-order valence-electron chi connectivity index (χ3n) is 4.20. The van der Waals surface area contributed by atoms with Crippen LogP contribution in [0.5, 0.6) is 0 Å². The Morgan fingerprint density at radius 1 is 1.33 bits per heavy atom. The summed E-state index contributed by atoms with van der Waals surface area (Å²) in [7, 11) is 1.56. The summed E-state index contributed by atoms with van der Waals surface area (Å²) < 4.78 is 6.33. The van der Waals surface area contributed by atoms with Crippen LogP contribution < -0.4 is 10.6 Å². The number of ether oxygens (including phenoxy) is 1. The molecular formula is C18H28N6O3. The predicted molar refractivity (Wildman–Crippen MR) is 105 cm³/mol. The van der Waals surface area contributed by atoms with Gasteiger partial charge in [-0.1, -0.05) is 27.7 Å². The lowest BCUT2D eigenvalue weighted by Gasteiger charge is -2.18. The summed E-state index contributed by atoms with van der Waals surface area (Å²) in [4.78, 5) is 33.0. The fourth-order valence-corrected chi connectivity index (χ4v) is 2.60. The number of nitrogens with one attached hydrogen (secondary N) is 2. The van der Waals surface area contributed by atoms with E-state index in [2.05, 4.69) is 25.7 Å². The molecular weight excluding hydrogens is 348 g/mol. The maximum atomic E-state index is 12.3. The van der Waals surface area contributed by atoms with E-state index >= 15 is 0 Å². The number of hydrogen-bond acceptors (Lipinski definition) is 5. The van der Waals surface area contributed by atoms with Gasteiger partial charge in [0, 0.05) is 30.8 Å². The smallest absolute Gasteiger partial charge is 0.320 e. The zero-order valence-electron chi connectivity index (χ0n) is 16.8. The summed E-state index contributed by atoms with van der Waals surface area (Å²) in [5.41, 5.74) is 1.18.